The number of amides is 1. The molecule has 0 radical (unpaired) electrons. The predicted octanol–water partition coefficient (Wildman–Crippen LogP) is 2.29. The number of hydrogen-bond acceptors (Lipinski definition) is 2. The van der Waals surface area contributed by atoms with Gasteiger partial charge in [-0.2, -0.15) is 13.2 Å². The molecule has 0 heterocycles. The Morgan fingerprint density at radius 2 is 1.95 bits per heavy atom. The van der Waals surface area contributed by atoms with Crippen molar-refractivity contribution in [1.82, 2.24) is 10.6 Å². The molecule has 2 N–H and O–H groups in total. The fourth-order valence-corrected chi connectivity index (χ4v) is 1.47. The highest BCUT2D eigenvalue weighted by atomic mass is 19.4. The van der Waals surface area contributed by atoms with Gasteiger partial charge in [-0.25, -0.2) is 8.78 Å². The third-order valence-electron chi connectivity index (χ3n) is 2.50. The summed E-state index contributed by atoms with van der Waals surface area (Å²) in [6.45, 7) is -0.404. The minimum atomic E-state index is -4.49. The van der Waals surface area contributed by atoms with E-state index in [0.717, 1.165) is 6.07 Å². The number of benzene rings is 1. The minimum Gasteiger partial charge on any atom is -0.346 e. The van der Waals surface area contributed by atoms with Crippen LogP contribution in [0.1, 0.15) is 18.5 Å². The number of hydrogen-bond donors (Lipinski definition) is 2. The molecule has 0 bridgehead atoms. The van der Waals surface area contributed by atoms with Crippen LogP contribution in [0.25, 0.3) is 0 Å². The van der Waals surface area contributed by atoms with Crippen LogP contribution in [-0.2, 0) is 4.79 Å². The zero-order valence-electron chi connectivity index (χ0n) is 10.5. The SMILES string of the molecule is C[C@@H](NCC(=O)NCC(F)(F)F)c1cccc(F)c1F. The number of carbonyl (C=O) groups is 1. The van der Waals surface area contributed by atoms with Gasteiger partial charge in [-0.3, -0.25) is 4.79 Å². The Kier molecular flexibility index (Phi) is 5.43. The monoisotopic (exact) mass is 296 g/mol. The maximum atomic E-state index is 13.4. The number of nitrogens with one attached hydrogen (secondary N) is 2. The van der Waals surface area contributed by atoms with Crippen LogP contribution in [0.2, 0.25) is 0 Å². The fourth-order valence-electron chi connectivity index (χ4n) is 1.47. The van der Waals surface area contributed by atoms with Crippen molar-refractivity contribution in [2.45, 2.75) is 19.1 Å². The Morgan fingerprint density at radius 1 is 1.30 bits per heavy atom. The highest BCUT2D eigenvalue weighted by Gasteiger charge is 2.27. The molecule has 0 aliphatic heterocycles. The first kappa shape index (κ1) is 16.4. The van der Waals surface area contributed by atoms with Gasteiger partial charge >= 0.3 is 6.18 Å². The van der Waals surface area contributed by atoms with Gasteiger partial charge in [0.2, 0.25) is 5.91 Å². The van der Waals surface area contributed by atoms with E-state index in [1.54, 1.807) is 5.32 Å². The Balaban J connectivity index is 2.49. The summed E-state index contributed by atoms with van der Waals surface area (Å²) in [5.74, 6) is -2.97. The second kappa shape index (κ2) is 6.65. The van der Waals surface area contributed by atoms with Crippen molar-refractivity contribution < 1.29 is 26.7 Å². The molecule has 20 heavy (non-hydrogen) atoms. The van der Waals surface area contributed by atoms with E-state index >= 15 is 0 Å². The number of halogens is 5. The van der Waals surface area contributed by atoms with Gasteiger partial charge in [0.25, 0.3) is 0 Å². The molecular formula is C12H13F5N2O. The summed E-state index contributed by atoms with van der Waals surface area (Å²) in [7, 11) is 0. The fraction of sp³-hybridized carbons (Fsp3) is 0.417. The Labute approximate surface area is 112 Å². The quantitative estimate of drug-likeness (QED) is 0.819. The Morgan fingerprint density at radius 3 is 2.55 bits per heavy atom. The predicted molar refractivity (Wildman–Crippen MR) is 61.8 cm³/mol. The lowest BCUT2D eigenvalue weighted by atomic mass is 10.1. The summed E-state index contributed by atoms with van der Waals surface area (Å²) < 4.78 is 62.0. The highest BCUT2D eigenvalue weighted by molar-refractivity contribution is 5.78. The van der Waals surface area contributed by atoms with E-state index in [0.29, 0.717) is 0 Å². The summed E-state index contributed by atoms with van der Waals surface area (Å²) in [5, 5.41) is 4.18. The second-order valence-corrected chi connectivity index (χ2v) is 4.14. The largest absolute Gasteiger partial charge is 0.405 e. The Bertz CT molecular complexity index is 475. The first-order chi connectivity index (χ1) is 9.20. The molecule has 1 atom stereocenters. The molecule has 0 unspecified atom stereocenters. The molecule has 1 aromatic carbocycles. The van der Waals surface area contributed by atoms with Crippen LogP contribution in [0.3, 0.4) is 0 Å². The molecule has 0 aliphatic rings. The first-order valence-corrected chi connectivity index (χ1v) is 5.71. The highest BCUT2D eigenvalue weighted by Crippen LogP contribution is 2.18. The summed E-state index contributed by atoms with van der Waals surface area (Å²) in [6, 6.07) is 2.85. The molecule has 0 saturated carbocycles. The zero-order chi connectivity index (χ0) is 15.3. The van der Waals surface area contributed by atoms with Crippen LogP contribution >= 0.6 is 0 Å². The molecular weight excluding hydrogens is 283 g/mol. The van der Waals surface area contributed by atoms with Crippen molar-refractivity contribution in [3.05, 3.63) is 35.4 Å². The third-order valence-corrected chi connectivity index (χ3v) is 2.50. The van der Waals surface area contributed by atoms with Crippen molar-refractivity contribution in [3.63, 3.8) is 0 Å². The molecule has 0 saturated heterocycles. The van der Waals surface area contributed by atoms with Gasteiger partial charge in [-0.15, -0.1) is 0 Å². The molecule has 1 amide bonds. The van der Waals surface area contributed by atoms with Crippen LogP contribution in [0.4, 0.5) is 22.0 Å². The van der Waals surface area contributed by atoms with Gasteiger partial charge in [-0.1, -0.05) is 12.1 Å². The first-order valence-electron chi connectivity index (χ1n) is 5.71. The van der Waals surface area contributed by atoms with Crippen molar-refractivity contribution >= 4 is 5.91 Å². The number of carbonyl (C=O) groups excluding carboxylic acids is 1. The van der Waals surface area contributed by atoms with Crippen LogP contribution in [0.15, 0.2) is 18.2 Å². The van der Waals surface area contributed by atoms with Gasteiger partial charge < -0.3 is 10.6 Å². The lowest BCUT2D eigenvalue weighted by Gasteiger charge is -2.15. The maximum Gasteiger partial charge on any atom is 0.405 e. The zero-order valence-corrected chi connectivity index (χ0v) is 10.5. The molecule has 112 valence electrons. The second-order valence-electron chi connectivity index (χ2n) is 4.14. The van der Waals surface area contributed by atoms with Gasteiger partial charge in [0.1, 0.15) is 6.54 Å². The average Bonchev–Trinajstić information content (AvgIpc) is 2.36. The van der Waals surface area contributed by atoms with Gasteiger partial charge in [0.15, 0.2) is 11.6 Å². The van der Waals surface area contributed by atoms with Crippen molar-refractivity contribution in [2.75, 3.05) is 13.1 Å². The smallest absolute Gasteiger partial charge is 0.346 e. The number of alkyl halides is 3. The van der Waals surface area contributed by atoms with Crippen LogP contribution in [0.5, 0.6) is 0 Å². The molecule has 3 nitrogen and oxygen atoms in total. The number of rotatable bonds is 5. The van der Waals surface area contributed by atoms with E-state index in [1.165, 1.54) is 19.1 Å². The summed E-state index contributed by atoms with van der Waals surface area (Å²) in [5.41, 5.74) is -0.00591. The summed E-state index contributed by atoms with van der Waals surface area (Å²) >= 11 is 0. The topological polar surface area (TPSA) is 41.1 Å². The molecule has 1 rings (SSSR count). The third kappa shape index (κ3) is 5.12. The lowest BCUT2D eigenvalue weighted by Crippen LogP contribution is -2.39. The van der Waals surface area contributed by atoms with Crippen molar-refractivity contribution in [1.29, 1.82) is 0 Å². The molecule has 8 heteroatoms. The lowest BCUT2D eigenvalue weighted by molar-refractivity contribution is -0.137. The molecule has 0 aliphatic carbocycles. The standard InChI is InChI=1S/C12H13F5N2O/c1-7(8-3-2-4-9(13)11(8)14)18-5-10(20)19-6-12(15,16)17/h2-4,7,18H,5-6H2,1H3,(H,19,20)/t7-/m1/s1. The normalized spacial score (nSPS) is 13.1. The van der Waals surface area contributed by atoms with Crippen LogP contribution in [0, 0.1) is 11.6 Å². The molecule has 0 fully saturated rings. The van der Waals surface area contributed by atoms with E-state index in [9.17, 15) is 26.7 Å². The maximum absolute atomic E-state index is 13.4. The minimum absolute atomic E-state index is 0.00591. The van der Waals surface area contributed by atoms with E-state index in [1.807, 2.05) is 0 Å². The van der Waals surface area contributed by atoms with E-state index in [2.05, 4.69) is 5.32 Å². The molecule has 0 spiro atoms. The van der Waals surface area contributed by atoms with E-state index in [-0.39, 0.29) is 5.56 Å². The molecule has 0 aromatic heterocycles. The average molecular weight is 296 g/mol. The summed E-state index contributed by atoms with van der Waals surface area (Å²) in [6.07, 6.45) is -4.49. The summed E-state index contributed by atoms with van der Waals surface area (Å²) in [4.78, 5) is 11.1. The van der Waals surface area contributed by atoms with Gasteiger partial charge in [0, 0.05) is 11.6 Å². The van der Waals surface area contributed by atoms with Crippen molar-refractivity contribution in [2.24, 2.45) is 0 Å². The van der Waals surface area contributed by atoms with E-state index in [4.69, 9.17) is 0 Å². The van der Waals surface area contributed by atoms with E-state index < -0.39 is 42.8 Å². The molecule has 1 aromatic rings. The Hall–Kier alpha value is -1.70. The van der Waals surface area contributed by atoms with Crippen molar-refractivity contribution in [3.8, 4) is 0 Å². The van der Waals surface area contributed by atoms with Crippen LogP contribution in [-0.4, -0.2) is 25.2 Å². The van der Waals surface area contributed by atoms with Gasteiger partial charge in [0.05, 0.1) is 6.54 Å². The van der Waals surface area contributed by atoms with Gasteiger partial charge in [-0.05, 0) is 13.0 Å². The van der Waals surface area contributed by atoms with Crippen LogP contribution < -0.4 is 10.6 Å².